The van der Waals surface area contributed by atoms with E-state index in [2.05, 4.69) is 20.6 Å². The second-order valence-corrected chi connectivity index (χ2v) is 5.98. The van der Waals surface area contributed by atoms with Crippen LogP contribution in [0.5, 0.6) is 0 Å². The highest BCUT2D eigenvalue weighted by Crippen LogP contribution is 2.20. The standard InChI is InChI=1S/C15H16N6OS/c1-20(2)10-16-18-13(22)8-12-9-23-15-17-14(19-21(12)15)11-6-4-3-5-7-11/h3-7,9-10H,8H2,1-2H3,(H,18,22)/b16-10+. The fourth-order valence-electron chi connectivity index (χ4n) is 1.98. The molecule has 0 aliphatic heterocycles. The number of aromatic nitrogens is 3. The van der Waals surface area contributed by atoms with E-state index in [1.165, 1.54) is 17.7 Å². The van der Waals surface area contributed by atoms with Gasteiger partial charge >= 0.3 is 0 Å². The molecule has 1 aromatic carbocycles. The summed E-state index contributed by atoms with van der Waals surface area (Å²) in [5.41, 5.74) is 4.23. The van der Waals surface area contributed by atoms with Crippen LogP contribution in [0.1, 0.15) is 5.69 Å². The molecule has 0 bridgehead atoms. The lowest BCUT2D eigenvalue weighted by molar-refractivity contribution is -0.120. The van der Waals surface area contributed by atoms with Crippen molar-refractivity contribution in [3.63, 3.8) is 0 Å². The number of hydrazone groups is 1. The molecule has 0 unspecified atom stereocenters. The maximum absolute atomic E-state index is 11.9. The average molecular weight is 328 g/mol. The van der Waals surface area contributed by atoms with Crippen molar-refractivity contribution >= 4 is 28.5 Å². The lowest BCUT2D eigenvalue weighted by Crippen LogP contribution is -2.22. The Morgan fingerprint density at radius 1 is 1.39 bits per heavy atom. The van der Waals surface area contributed by atoms with Crippen molar-refractivity contribution in [3.05, 3.63) is 41.4 Å². The molecule has 0 fully saturated rings. The number of benzene rings is 1. The fraction of sp³-hybridized carbons (Fsp3) is 0.200. The first-order valence-corrected chi connectivity index (χ1v) is 7.88. The SMILES string of the molecule is CN(C)/C=N/NC(=O)Cc1csc2nc(-c3ccccc3)nn12. The van der Waals surface area contributed by atoms with Gasteiger partial charge in [-0.3, -0.25) is 4.79 Å². The minimum absolute atomic E-state index is 0.195. The van der Waals surface area contributed by atoms with Crippen molar-refractivity contribution < 1.29 is 4.79 Å². The van der Waals surface area contributed by atoms with Crippen LogP contribution >= 0.6 is 11.3 Å². The maximum atomic E-state index is 11.9. The fourth-order valence-corrected chi connectivity index (χ4v) is 2.80. The molecule has 0 aliphatic carbocycles. The number of hydrogen-bond donors (Lipinski definition) is 1. The number of hydrogen-bond acceptors (Lipinski definition) is 5. The summed E-state index contributed by atoms with van der Waals surface area (Å²) >= 11 is 1.46. The predicted octanol–water partition coefficient (Wildman–Crippen LogP) is 1.62. The van der Waals surface area contributed by atoms with E-state index in [-0.39, 0.29) is 12.3 Å². The van der Waals surface area contributed by atoms with Crippen molar-refractivity contribution in [1.82, 2.24) is 24.9 Å². The Hall–Kier alpha value is -2.74. The molecule has 118 valence electrons. The van der Waals surface area contributed by atoms with Gasteiger partial charge in [0, 0.05) is 25.0 Å². The molecule has 0 atom stereocenters. The minimum Gasteiger partial charge on any atom is -0.367 e. The number of amides is 1. The first-order chi connectivity index (χ1) is 11.1. The van der Waals surface area contributed by atoms with Crippen molar-refractivity contribution in [2.45, 2.75) is 6.42 Å². The van der Waals surface area contributed by atoms with E-state index >= 15 is 0 Å². The van der Waals surface area contributed by atoms with E-state index in [0.717, 1.165) is 16.2 Å². The number of fused-ring (bicyclic) bond motifs is 1. The van der Waals surface area contributed by atoms with Gasteiger partial charge < -0.3 is 4.90 Å². The average Bonchev–Trinajstić information content (AvgIpc) is 3.10. The Labute approximate surface area is 137 Å². The second kappa shape index (κ2) is 6.57. The number of rotatable bonds is 5. The van der Waals surface area contributed by atoms with Crippen molar-refractivity contribution in [2.24, 2.45) is 5.10 Å². The van der Waals surface area contributed by atoms with E-state index in [1.54, 1.807) is 9.42 Å². The topological polar surface area (TPSA) is 74.9 Å². The molecular weight excluding hydrogens is 312 g/mol. The van der Waals surface area contributed by atoms with Gasteiger partial charge in [0.2, 0.25) is 10.9 Å². The molecule has 0 saturated carbocycles. The van der Waals surface area contributed by atoms with Crippen LogP contribution in [0.3, 0.4) is 0 Å². The summed E-state index contributed by atoms with van der Waals surface area (Å²) in [6.07, 6.45) is 1.73. The summed E-state index contributed by atoms with van der Waals surface area (Å²) in [6, 6.07) is 9.76. The molecule has 3 rings (SSSR count). The van der Waals surface area contributed by atoms with Crippen LogP contribution in [0.4, 0.5) is 0 Å². The summed E-state index contributed by atoms with van der Waals surface area (Å²) in [5.74, 6) is 0.462. The summed E-state index contributed by atoms with van der Waals surface area (Å²) in [4.78, 5) is 18.9. The third-order valence-electron chi connectivity index (χ3n) is 3.00. The van der Waals surface area contributed by atoms with Gasteiger partial charge in [-0.05, 0) is 0 Å². The van der Waals surface area contributed by atoms with Crippen LogP contribution in [0, 0.1) is 0 Å². The smallest absolute Gasteiger partial charge is 0.246 e. The van der Waals surface area contributed by atoms with Crippen LogP contribution in [0.2, 0.25) is 0 Å². The highest BCUT2D eigenvalue weighted by atomic mass is 32.1. The normalized spacial score (nSPS) is 11.2. The van der Waals surface area contributed by atoms with Gasteiger partial charge in [-0.15, -0.1) is 16.4 Å². The van der Waals surface area contributed by atoms with Gasteiger partial charge in [0.1, 0.15) is 6.34 Å². The summed E-state index contributed by atoms with van der Waals surface area (Å²) in [7, 11) is 3.66. The summed E-state index contributed by atoms with van der Waals surface area (Å²) in [6.45, 7) is 0. The van der Waals surface area contributed by atoms with Gasteiger partial charge in [0.15, 0.2) is 5.82 Å². The van der Waals surface area contributed by atoms with E-state index in [9.17, 15) is 4.79 Å². The molecule has 0 aliphatic rings. The predicted molar refractivity (Wildman–Crippen MR) is 90.3 cm³/mol. The zero-order chi connectivity index (χ0) is 16.2. The monoisotopic (exact) mass is 328 g/mol. The lowest BCUT2D eigenvalue weighted by Gasteiger charge is -2.02. The van der Waals surface area contributed by atoms with Crippen LogP contribution in [-0.4, -0.2) is 45.8 Å². The molecule has 8 heteroatoms. The molecule has 3 aromatic rings. The van der Waals surface area contributed by atoms with Crippen molar-refractivity contribution in [3.8, 4) is 11.4 Å². The zero-order valence-corrected chi connectivity index (χ0v) is 13.6. The van der Waals surface area contributed by atoms with Crippen LogP contribution in [-0.2, 0) is 11.2 Å². The minimum atomic E-state index is -0.195. The first kappa shape index (κ1) is 15.2. The van der Waals surface area contributed by atoms with Gasteiger partial charge in [0.05, 0.1) is 12.1 Å². The number of nitrogens with one attached hydrogen (secondary N) is 1. The molecule has 0 saturated heterocycles. The third-order valence-corrected chi connectivity index (χ3v) is 3.87. The van der Waals surface area contributed by atoms with Gasteiger partial charge in [-0.1, -0.05) is 30.3 Å². The van der Waals surface area contributed by atoms with Gasteiger partial charge in [-0.25, -0.2) is 9.94 Å². The van der Waals surface area contributed by atoms with Crippen LogP contribution < -0.4 is 5.43 Å². The molecule has 7 nitrogen and oxygen atoms in total. The highest BCUT2D eigenvalue weighted by molar-refractivity contribution is 7.15. The zero-order valence-electron chi connectivity index (χ0n) is 12.8. The molecule has 1 N–H and O–H groups in total. The van der Waals surface area contributed by atoms with Gasteiger partial charge in [-0.2, -0.15) is 10.1 Å². The van der Waals surface area contributed by atoms with E-state index in [1.807, 2.05) is 49.8 Å². The van der Waals surface area contributed by atoms with E-state index in [4.69, 9.17) is 0 Å². The second-order valence-electron chi connectivity index (χ2n) is 5.14. The maximum Gasteiger partial charge on any atom is 0.246 e. The molecule has 1 amide bonds. The number of nitrogens with zero attached hydrogens (tertiary/aromatic N) is 5. The Morgan fingerprint density at radius 2 is 2.17 bits per heavy atom. The van der Waals surface area contributed by atoms with Crippen molar-refractivity contribution in [1.29, 1.82) is 0 Å². The first-order valence-electron chi connectivity index (χ1n) is 7.00. The van der Waals surface area contributed by atoms with E-state index < -0.39 is 0 Å². The molecule has 2 aromatic heterocycles. The quantitative estimate of drug-likeness (QED) is 0.439. The molecule has 0 radical (unpaired) electrons. The third kappa shape index (κ3) is 3.54. The molecular formula is C15H16N6OS. The Bertz CT molecular complexity index is 836. The largest absolute Gasteiger partial charge is 0.367 e. The summed E-state index contributed by atoms with van der Waals surface area (Å²) < 4.78 is 1.71. The molecule has 0 spiro atoms. The molecule has 23 heavy (non-hydrogen) atoms. The van der Waals surface area contributed by atoms with Crippen LogP contribution in [0.25, 0.3) is 16.3 Å². The Balaban J connectivity index is 1.77. The van der Waals surface area contributed by atoms with Gasteiger partial charge in [0.25, 0.3) is 0 Å². The van der Waals surface area contributed by atoms with Crippen LogP contribution in [0.15, 0.2) is 40.8 Å². The Kier molecular flexibility index (Phi) is 4.33. The summed E-state index contributed by atoms with van der Waals surface area (Å²) in [5, 5.41) is 10.2. The molecule has 2 heterocycles. The Morgan fingerprint density at radius 3 is 2.91 bits per heavy atom. The van der Waals surface area contributed by atoms with E-state index in [0.29, 0.717) is 5.82 Å². The number of carbonyl (C=O) groups excluding carboxylic acids is 1. The highest BCUT2D eigenvalue weighted by Gasteiger charge is 2.13. The van der Waals surface area contributed by atoms with Crippen molar-refractivity contribution in [2.75, 3.05) is 14.1 Å². The number of carbonyl (C=O) groups is 1. The number of thiazole rings is 1. The lowest BCUT2D eigenvalue weighted by atomic mass is 10.2.